The smallest absolute Gasteiger partial charge is 0.508 e. The van der Waals surface area contributed by atoms with Gasteiger partial charge in [-0.3, -0.25) is 4.99 Å². The minimum absolute atomic E-state index is 0. The quantitative estimate of drug-likeness (QED) is 0.166. The Morgan fingerprint density at radius 1 is 0.737 bits per heavy atom. The van der Waals surface area contributed by atoms with E-state index in [1.165, 1.54) is 44.3 Å². The number of hydrogen-bond acceptors (Lipinski definition) is 4. The number of benzene rings is 5. The molecule has 57 heavy (non-hydrogen) atoms. The van der Waals surface area contributed by atoms with Crippen molar-refractivity contribution < 1.29 is 30.5 Å². The molecule has 0 saturated heterocycles. The average molecular weight is 929 g/mol. The van der Waals surface area contributed by atoms with Crippen LogP contribution in [0.15, 0.2) is 96.1 Å². The summed E-state index contributed by atoms with van der Waals surface area (Å²) >= 11 is 0. The van der Waals surface area contributed by atoms with Crippen molar-refractivity contribution in [3.8, 4) is 28.4 Å². The van der Waals surface area contributed by atoms with Crippen LogP contribution in [0, 0.1) is 32.9 Å². The summed E-state index contributed by atoms with van der Waals surface area (Å²) in [5, 5.41) is 2.37. The third kappa shape index (κ3) is 5.30. The van der Waals surface area contributed by atoms with Crippen molar-refractivity contribution in [2.75, 3.05) is 0 Å². The first-order chi connectivity index (χ1) is 26.6. The third-order valence-corrected chi connectivity index (χ3v) is 13.1. The summed E-state index contributed by atoms with van der Waals surface area (Å²) in [6.45, 7) is 22.2. The predicted molar refractivity (Wildman–Crippen MR) is 227 cm³/mol. The van der Waals surface area contributed by atoms with Gasteiger partial charge in [0.25, 0.3) is 0 Å². The summed E-state index contributed by atoms with van der Waals surface area (Å²) in [5.74, 6) is 2.83. The molecule has 0 fully saturated rings. The molecule has 0 radical (unpaired) electrons. The van der Waals surface area contributed by atoms with Crippen molar-refractivity contribution in [1.29, 1.82) is 0 Å². The summed E-state index contributed by atoms with van der Waals surface area (Å²) in [6, 6.07) is 38.2. The number of aryl methyl sites for hydroxylation is 3. The van der Waals surface area contributed by atoms with E-state index in [-0.39, 0.29) is 31.9 Å². The molecule has 2 aromatic heterocycles. The molecule has 5 aromatic carbocycles. The van der Waals surface area contributed by atoms with Gasteiger partial charge in [-0.25, -0.2) is 4.98 Å². The number of hydrogen-bond donors (Lipinski definition) is 0. The predicted octanol–water partition coefficient (Wildman–Crippen LogP) is 12.1. The molecule has 288 valence electrons. The number of aromatic nitrogens is 2. The second-order valence-electron chi connectivity index (χ2n) is 18.2. The normalized spacial score (nSPS) is 20.1. The van der Waals surface area contributed by atoms with E-state index in [1.807, 2.05) is 12.3 Å². The Balaban J connectivity index is 0.00000422. The van der Waals surface area contributed by atoms with Crippen LogP contribution < -0.4 is 4.74 Å². The van der Waals surface area contributed by atoms with Crippen LogP contribution in [0.5, 0.6) is 11.5 Å². The number of ether oxygens (including phenoxy) is 2. The molecule has 0 spiro atoms. The SMILES string of the molecule is Cc1cc(C)c(C2=N[C@]3(C)Cc4ccccc4-c4ccccc4[C@]3(C)O2)[c-]c1Oc1[c-]c2c(cc1C)c1cc(C(C)(C)C)cc3c1n2-c1ncccc1C3(C)C.[Pt+2]. The fourth-order valence-corrected chi connectivity index (χ4v) is 9.60. The Morgan fingerprint density at radius 2 is 1.42 bits per heavy atom. The number of fused-ring (bicyclic) bond motifs is 10. The van der Waals surface area contributed by atoms with Gasteiger partial charge in [0.2, 0.25) is 0 Å². The minimum atomic E-state index is -0.692. The Bertz CT molecular complexity index is 2880. The standard InChI is InChI=1S/C51H47N3O2.Pt/c1-29-22-30(2)43(26-36(29)47-53-50(9)28-32-16-11-12-17-34(32)35-18-13-14-19-39(35)51(50,10)56-47)55-44-27-42-37(23-31(44)3)38-24-33(48(4,5)6)25-41-45(38)54(42)46-40(49(41,7)8)20-15-21-52-46;/h11-25H,28H2,1-10H3;/q-2;+2/t50-,51+;/m1./s1. The monoisotopic (exact) mass is 928 g/mol. The van der Waals surface area contributed by atoms with Crippen molar-refractivity contribution in [1.82, 2.24) is 9.55 Å². The van der Waals surface area contributed by atoms with Gasteiger partial charge < -0.3 is 14.0 Å². The Labute approximate surface area is 350 Å². The van der Waals surface area contributed by atoms with Gasteiger partial charge in [0.15, 0.2) is 0 Å². The van der Waals surface area contributed by atoms with Gasteiger partial charge in [-0.1, -0.05) is 145 Å². The number of rotatable bonds is 3. The van der Waals surface area contributed by atoms with E-state index in [9.17, 15) is 0 Å². The maximum Gasteiger partial charge on any atom is 2.00 e. The zero-order valence-electron chi connectivity index (χ0n) is 34.3. The maximum atomic E-state index is 7.10. The number of aliphatic imine (C=N–C) groups is 1. The minimum Gasteiger partial charge on any atom is -0.508 e. The zero-order valence-corrected chi connectivity index (χ0v) is 36.6. The van der Waals surface area contributed by atoms with Crippen LogP contribution in [-0.2, 0) is 48.7 Å². The van der Waals surface area contributed by atoms with E-state index in [4.69, 9.17) is 19.5 Å². The van der Waals surface area contributed by atoms with E-state index in [1.54, 1.807) is 0 Å². The van der Waals surface area contributed by atoms with Crippen LogP contribution in [0.2, 0.25) is 0 Å². The fourth-order valence-electron chi connectivity index (χ4n) is 9.60. The number of nitrogens with zero attached hydrogens (tertiary/aromatic N) is 3. The fraction of sp³-hybridized carbons (Fsp3) is 0.294. The molecule has 1 aliphatic carbocycles. The first-order valence-electron chi connectivity index (χ1n) is 19.8. The molecular formula is C51H47N3O2Pt. The largest absolute Gasteiger partial charge is 2.00 e. The van der Waals surface area contributed by atoms with Crippen molar-refractivity contribution in [2.24, 2.45) is 4.99 Å². The van der Waals surface area contributed by atoms with Gasteiger partial charge in [-0.05, 0) is 58.5 Å². The topological polar surface area (TPSA) is 48.6 Å². The number of pyridine rings is 1. The van der Waals surface area contributed by atoms with E-state index >= 15 is 0 Å². The van der Waals surface area contributed by atoms with Crippen LogP contribution in [0.1, 0.15) is 98.5 Å². The molecule has 3 aliphatic rings. The van der Waals surface area contributed by atoms with Gasteiger partial charge in [0.05, 0.1) is 5.54 Å². The van der Waals surface area contributed by atoms with Gasteiger partial charge in [0.1, 0.15) is 17.3 Å². The van der Waals surface area contributed by atoms with Gasteiger partial charge in [0, 0.05) is 46.2 Å². The van der Waals surface area contributed by atoms with E-state index < -0.39 is 11.1 Å². The van der Waals surface area contributed by atoms with E-state index in [0.717, 1.165) is 51.0 Å². The van der Waals surface area contributed by atoms with Crippen molar-refractivity contribution >= 4 is 27.7 Å². The van der Waals surface area contributed by atoms with Crippen LogP contribution in [0.4, 0.5) is 0 Å². The third-order valence-electron chi connectivity index (χ3n) is 13.1. The van der Waals surface area contributed by atoms with E-state index in [2.05, 4.69) is 165 Å². The molecule has 2 aliphatic heterocycles. The van der Waals surface area contributed by atoms with Crippen LogP contribution in [0.3, 0.4) is 0 Å². The van der Waals surface area contributed by atoms with Gasteiger partial charge >= 0.3 is 21.1 Å². The Kier molecular flexibility index (Phi) is 8.24. The van der Waals surface area contributed by atoms with Gasteiger partial charge in [-0.15, -0.1) is 28.6 Å². The van der Waals surface area contributed by atoms with E-state index in [0.29, 0.717) is 17.4 Å². The molecule has 0 bridgehead atoms. The second kappa shape index (κ2) is 12.5. The molecule has 10 rings (SSSR count). The van der Waals surface area contributed by atoms with Crippen molar-refractivity contribution in [2.45, 2.75) is 97.6 Å². The molecule has 0 saturated carbocycles. The molecule has 4 heterocycles. The Hall–Kier alpha value is -4.99. The summed E-state index contributed by atoms with van der Waals surface area (Å²) in [6.07, 6.45) is 2.64. The summed E-state index contributed by atoms with van der Waals surface area (Å²) in [4.78, 5) is 10.4. The van der Waals surface area contributed by atoms with Crippen LogP contribution in [0.25, 0.3) is 38.8 Å². The molecule has 2 atom stereocenters. The molecule has 0 unspecified atom stereocenters. The first kappa shape index (κ1) is 37.6. The summed E-state index contributed by atoms with van der Waals surface area (Å²) in [7, 11) is 0. The van der Waals surface area contributed by atoms with Gasteiger partial charge in [-0.2, -0.15) is 6.07 Å². The van der Waals surface area contributed by atoms with Crippen molar-refractivity contribution in [3.63, 3.8) is 0 Å². The molecule has 0 N–H and O–H groups in total. The van der Waals surface area contributed by atoms with Crippen LogP contribution >= 0.6 is 0 Å². The maximum absolute atomic E-state index is 7.10. The average Bonchev–Trinajstić information content (AvgIpc) is 3.59. The molecular weight excluding hydrogens is 882 g/mol. The molecule has 0 amide bonds. The first-order valence-corrected chi connectivity index (χ1v) is 19.8. The summed E-state index contributed by atoms with van der Waals surface area (Å²) in [5.41, 5.74) is 13.2. The Morgan fingerprint density at radius 3 is 2.19 bits per heavy atom. The van der Waals surface area contributed by atoms with Crippen LogP contribution in [-0.4, -0.2) is 21.0 Å². The molecule has 7 aromatic rings. The molecule has 5 nitrogen and oxygen atoms in total. The van der Waals surface area contributed by atoms with Crippen molar-refractivity contribution in [3.05, 3.63) is 153 Å². The summed E-state index contributed by atoms with van der Waals surface area (Å²) < 4.78 is 16.3. The molecule has 6 heteroatoms. The second-order valence-corrected chi connectivity index (χ2v) is 18.2. The zero-order chi connectivity index (χ0) is 39.1.